The number of carbonyl (C=O) groups is 2. The first-order valence-corrected chi connectivity index (χ1v) is 7.57. The van der Waals surface area contributed by atoms with Gasteiger partial charge in [0.25, 0.3) is 0 Å². The number of carboxylic acid groups (broad SMARTS) is 1. The molecule has 0 heterocycles. The lowest BCUT2D eigenvalue weighted by Crippen LogP contribution is -2.41. The molecule has 1 fully saturated rings. The van der Waals surface area contributed by atoms with Crippen LogP contribution in [0.25, 0.3) is 0 Å². The monoisotopic (exact) mass is 269 g/mol. The lowest BCUT2D eigenvalue weighted by Gasteiger charge is -2.30. The Morgan fingerprint density at radius 2 is 1.89 bits per heavy atom. The van der Waals surface area contributed by atoms with Gasteiger partial charge in [-0.05, 0) is 19.3 Å². The zero-order valence-corrected chi connectivity index (χ0v) is 12.2. The Morgan fingerprint density at radius 1 is 1.26 bits per heavy atom. The maximum absolute atomic E-state index is 12.5. The zero-order chi connectivity index (χ0) is 14.3. The van der Waals surface area contributed by atoms with Crippen LogP contribution in [0.15, 0.2) is 0 Å². The van der Waals surface area contributed by atoms with Gasteiger partial charge in [-0.2, -0.15) is 0 Å². The summed E-state index contributed by atoms with van der Waals surface area (Å²) in [5.41, 5.74) is 0. The number of hydrogen-bond donors (Lipinski definition) is 1. The molecule has 1 amide bonds. The van der Waals surface area contributed by atoms with E-state index in [2.05, 4.69) is 6.92 Å². The minimum Gasteiger partial charge on any atom is -0.481 e. The predicted octanol–water partition coefficient (Wildman–Crippen LogP) is 2.92. The molecule has 0 aromatic carbocycles. The Kier molecular flexibility index (Phi) is 6.89. The van der Waals surface area contributed by atoms with Gasteiger partial charge < -0.3 is 10.0 Å². The van der Waals surface area contributed by atoms with E-state index in [1.807, 2.05) is 0 Å². The third-order valence-electron chi connectivity index (χ3n) is 3.96. The van der Waals surface area contributed by atoms with Gasteiger partial charge in [0.2, 0.25) is 5.91 Å². The van der Waals surface area contributed by atoms with E-state index in [0.717, 1.165) is 38.5 Å². The van der Waals surface area contributed by atoms with Crippen molar-refractivity contribution < 1.29 is 14.7 Å². The van der Waals surface area contributed by atoms with E-state index >= 15 is 0 Å². The summed E-state index contributed by atoms with van der Waals surface area (Å²) in [5, 5.41) is 9.01. The minimum absolute atomic E-state index is 0.131. The highest BCUT2D eigenvalue weighted by molar-refractivity contribution is 5.79. The lowest BCUT2D eigenvalue weighted by molar-refractivity contribution is -0.144. The van der Waals surface area contributed by atoms with Gasteiger partial charge in [0, 0.05) is 19.0 Å². The molecule has 0 radical (unpaired) electrons. The first-order chi connectivity index (χ1) is 9.06. The van der Waals surface area contributed by atoms with Gasteiger partial charge in [-0.15, -0.1) is 0 Å². The van der Waals surface area contributed by atoms with Crippen molar-refractivity contribution in [2.24, 2.45) is 11.8 Å². The first kappa shape index (κ1) is 16.0. The van der Waals surface area contributed by atoms with Crippen molar-refractivity contribution in [1.29, 1.82) is 0 Å². The number of nitrogens with zero attached hydrogens (tertiary/aromatic N) is 1. The van der Waals surface area contributed by atoms with Crippen LogP contribution in [0.3, 0.4) is 0 Å². The SMILES string of the molecule is CCCCN(CC(C)C(=O)O)C(=O)C1CCCCC1. The Balaban J connectivity index is 2.60. The molecule has 1 aliphatic rings. The second kappa shape index (κ2) is 8.18. The van der Waals surface area contributed by atoms with Gasteiger partial charge in [0.15, 0.2) is 0 Å². The van der Waals surface area contributed by atoms with Crippen LogP contribution in [-0.4, -0.2) is 35.0 Å². The summed E-state index contributed by atoms with van der Waals surface area (Å²) in [6.45, 7) is 4.81. The molecule has 1 unspecified atom stereocenters. The van der Waals surface area contributed by atoms with Crippen molar-refractivity contribution in [2.45, 2.75) is 58.8 Å². The maximum atomic E-state index is 12.5. The van der Waals surface area contributed by atoms with Gasteiger partial charge in [-0.3, -0.25) is 9.59 Å². The fraction of sp³-hybridized carbons (Fsp3) is 0.867. The Hall–Kier alpha value is -1.06. The third kappa shape index (κ3) is 5.21. The second-order valence-electron chi connectivity index (χ2n) is 5.71. The number of amides is 1. The van der Waals surface area contributed by atoms with Crippen molar-refractivity contribution in [3.05, 3.63) is 0 Å². The van der Waals surface area contributed by atoms with Crippen LogP contribution < -0.4 is 0 Å². The molecule has 1 N–H and O–H groups in total. The molecule has 19 heavy (non-hydrogen) atoms. The lowest BCUT2D eigenvalue weighted by atomic mass is 9.88. The average Bonchev–Trinajstić information content (AvgIpc) is 2.43. The minimum atomic E-state index is -0.821. The molecule has 4 heteroatoms. The summed E-state index contributed by atoms with van der Waals surface area (Å²) in [7, 11) is 0. The summed E-state index contributed by atoms with van der Waals surface area (Å²) in [6.07, 6.45) is 7.41. The number of unbranched alkanes of at least 4 members (excludes halogenated alkanes) is 1. The quantitative estimate of drug-likeness (QED) is 0.773. The number of carbonyl (C=O) groups excluding carboxylic acids is 1. The molecule has 0 aromatic heterocycles. The van der Waals surface area contributed by atoms with E-state index < -0.39 is 11.9 Å². The van der Waals surface area contributed by atoms with Crippen molar-refractivity contribution in [3.63, 3.8) is 0 Å². The topological polar surface area (TPSA) is 57.6 Å². The molecule has 4 nitrogen and oxygen atoms in total. The number of hydrogen-bond acceptors (Lipinski definition) is 2. The fourth-order valence-electron chi connectivity index (χ4n) is 2.66. The number of aliphatic carboxylic acids is 1. The van der Waals surface area contributed by atoms with Crippen LogP contribution >= 0.6 is 0 Å². The normalized spacial score (nSPS) is 18.0. The molecule has 1 atom stereocenters. The maximum Gasteiger partial charge on any atom is 0.308 e. The van der Waals surface area contributed by atoms with Gasteiger partial charge in [-0.25, -0.2) is 0 Å². The molecule has 0 bridgehead atoms. The largest absolute Gasteiger partial charge is 0.481 e. The molecule has 1 saturated carbocycles. The highest BCUT2D eigenvalue weighted by atomic mass is 16.4. The Bertz CT molecular complexity index is 298. The van der Waals surface area contributed by atoms with E-state index in [9.17, 15) is 9.59 Å². The van der Waals surface area contributed by atoms with Crippen LogP contribution in [0.5, 0.6) is 0 Å². The molecular formula is C15H27NO3. The molecule has 0 aromatic rings. The van der Waals surface area contributed by atoms with Crippen molar-refractivity contribution in [1.82, 2.24) is 4.90 Å². The van der Waals surface area contributed by atoms with Crippen LogP contribution in [0.1, 0.15) is 58.8 Å². The average molecular weight is 269 g/mol. The van der Waals surface area contributed by atoms with Crippen LogP contribution in [0.4, 0.5) is 0 Å². The first-order valence-electron chi connectivity index (χ1n) is 7.57. The molecule has 1 aliphatic carbocycles. The van der Waals surface area contributed by atoms with E-state index in [1.165, 1.54) is 6.42 Å². The fourth-order valence-corrected chi connectivity index (χ4v) is 2.66. The highest BCUT2D eigenvalue weighted by Crippen LogP contribution is 2.25. The van der Waals surface area contributed by atoms with Crippen molar-refractivity contribution in [3.8, 4) is 0 Å². The molecule has 1 rings (SSSR count). The summed E-state index contributed by atoms with van der Waals surface area (Å²) in [5.74, 6) is -0.991. The predicted molar refractivity (Wildman–Crippen MR) is 74.9 cm³/mol. The number of rotatable bonds is 7. The third-order valence-corrected chi connectivity index (χ3v) is 3.96. The summed E-state index contributed by atoms with van der Waals surface area (Å²) < 4.78 is 0. The summed E-state index contributed by atoms with van der Waals surface area (Å²) >= 11 is 0. The van der Waals surface area contributed by atoms with Crippen LogP contribution in [0, 0.1) is 11.8 Å². The number of carboxylic acids is 1. The summed E-state index contributed by atoms with van der Waals surface area (Å²) in [4.78, 5) is 25.3. The van der Waals surface area contributed by atoms with Crippen molar-refractivity contribution >= 4 is 11.9 Å². The van der Waals surface area contributed by atoms with E-state index in [4.69, 9.17) is 5.11 Å². The van der Waals surface area contributed by atoms with Gasteiger partial charge in [-0.1, -0.05) is 39.5 Å². The molecule has 0 saturated heterocycles. The summed E-state index contributed by atoms with van der Waals surface area (Å²) in [6, 6.07) is 0. The Labute approximate surface area is 116 Å². The van der Waals surface area contributed by atoms with Gasteiger partial charge >= 0.3 is 5.97 Å². The highest BCUT2D eigenvalue weighted by Gasteiger charge is 2.27. The molecule has 110 valence electrons. The second-order valence-corrected chi connectivity index (χ2v) is 5.71. The molecule has 0 aliphatic heterocycles. The van der Waals surface area contributed by atoms with Gasteiger partial charge in [0.1, 0.15) is 0 Å². The van der Waals surface area contributed by atoms with Crippen molar-refractivity contribution in [2.75, 3.05) is 13.1 Å². The standard InChI is InChI=1S/C15H27NO3/c1-3-4-10-16(11-12(2)15(18)19)14(17)13-8-6-5-7-9-13/h12-13H,3-11H2,1-2H3,(H,18,19). The van der Waals surface area contributed by atoms with E-state index in [1.54, 1.807) is 11.8 Å². The van der Waals surface area contributed by atoms with E-state index in [0.29, 0.717) is 13.1 Å². The smallest absolute Gasteiger partial charge is 0.308 e. The molecule has 0 spiro atoms. The zero-order valence-electron chi connectivity index (χ0n) is 12.2. The van der Waals surface area contributed by atoms with Crippen LogP contribution in [0.2, 0.25) is 0 Å². The Morgan fingerprint density at radius 3 is 2.42 bits per heavy atom. The van der Waals surface area contributed by atoms with Crippen LogP contribution in [-0.2, 0) is 9.59 Å². The van der Waals surface area contributed by atoms with Gasteiger partial charge in [0.05, 0.1) is 5.92 Å². The van der Waals surface area contributed by atoms with E-state index in [-0.39, 0.29) is 11.8 Å². The molecular weight excluding hydrogens is 242 g/mol.